The highest BCUT2D eigenvalue weighted by Gasteiger charge is 2.16. The van der Waals surface area contributed by atoms with Gasteiger partial charge >= 0.3 is 0 Å². The van der Waals surface area contributed by atoms with Crippen LogP contribution in [0.25, 0.3) is 0 Å². The van der Waals surface area contributed by atoms with E-state index in [1.54, 1.807) is 0 Å². The quantitative estimate of drug-likeness (QED) is 0.256. The molecule has 0 aliphatic carbocycles. The smallest absolute Gasteiger partial charge is 0.202 e. The lowest BCUT2D eigenvalue weighted by Gasteiger charge is -2.32. The van der Waals surface area contributed by atoms with Crippen LogP contribution in [0.1, 0.15) is 0 Å². The van der Waals surface area contributed by atoms with Crippen molar-refractivity contribution in [2.75, 3.05) is 36.3 Å². The normalized spacial score (nSPS) is 19.6. The van der Waals surface area contributed by atoms with Gasteiger partial charge in [0, 0.05) is 18.9 Å². The third-order valence-corrected chi connectivity index (χ3v) is 8.79. The van der Waals surface area contributed by atoms with Gasteiger partial charge in [0.15, 0.2) is 0 Å². The van der Waals surface area contributed by atoms with Gasteiger partial charge in [-0.3, -0.25) is 0 Å². The summed E-state index contributed by atoms with van der Waals surface area (Å²) in [5, 5.41) is 0. The number of rotatable bonds is 10. The van der Waals surface area contributed by atoms with Gasteiger partial charge in [-0.15, -0.1) is 0 Å². The van der Waals surface area contributed by atoms with E-state index in [0.29, 0.717) is 23.8 Å². The maximum atomic E-state index is 5.37. The lowest BCUT2D eigenvalue weighted by molar-refractivity contribution is 0.236. The highest BCUT2D eigenvalue weighted by Crippen LogP contribution is 2.45. The molecule has 0 spiro atoms. The van der Waals surface area contributed by atoms with E-state index in [0.717, 1.165) is 0 Å². The Morgan fingerprint density at radius 2 is 1.50 bits per heavy atom. The molecule has 0 aromatic heterocycles. The molecule has 0 aliphatic heterocycles. The number of hydrogen-bond donors (Lipinski definition) is 2. The second-order valence-electron chi connectivity index (χ2n) is 3.69. The molecule has 122 valence electrons. The first-order valence-corrected chi connectivity index (χ1v) is 12.2. The van der Waals surface area contributed by atoms with Crippen molar-refractivity contribution in [2.24, 2.45) is 0 Å². The molecule has 0 saturated carbocycles. The van der Waals surface area contributed by atoms with Gasteiger partial charge < -0.3 is 17.4 Å². The zero-order valence-corrected chi connectivity index (χ0v) is 18.2. The van der Waals surface area contributed by atoms with Crippen molar-refractivity contribution in [3.63, 3.8) is 0 Å². The van der Waals surface area contributed by atoms with E-state index in [-0.39, 0.29) is 0 Å². The van der Waals surface area contributed by atoms with E-state index in [9.17, 15) is 0 Å². The highest BCUT2D eigenvalue weighted by atomic mass is 32.3. The van der Waals surface area contributed by atoms with Crippen molar-refractivity contribution >= 4 is 77.6 Å². The minimum Gasteiger partial charge on any atom is -0.361 e. The summed E-state index contributed by atoms with van der Waals surface area (Å²) in [6.07, 6.45) is 4.07. The van der Waals surface area contributed by atoms with E-state index in [2.05, 4.69) is 44.2 Å². The molecule has 0 saturated heterocycles. The summed E-state index contributed by atoms with van der Waals surface area (Å²) < 4.78 is 20.6. The molecular formula is C8H26B2O4P2S4. The molecule has 0 aromatic rings. The molecule has 0 amide bonds. The Morgan fingerprint density at radius 3 is 1.80 bits per heavy atom. The highest BCUT2D eigenvalue weighted by molar-refractivity contribution is 8.49. The van der Waals surface area contributed by atoms with Gasteiger partial charge in [0.1, 0.15) is 5.94 Å². The second-order valence-corrected chi connectivity index (χ2v) is 11.3. The predicted molar refractivity (Wildman–Crippen MR) is 111 cm³/mol. The van der Waals surface area contributed by atoms with Crippen LogP contribution in [0.2, 0.25) is 13.6 Å². The van der Waals surface area contributed by atoms with Gasteiger partial charge in [0.25, 0.3) is 0 Å². The maximum Gasteiger partial charge on any atom is 0.202 e. The Labute approximate surface area is 144 Å². The summed E-state index contributed by atoms with van der Waals surface area (Å²) in [6, 6.07) is 0. The second kappa shape index (κ2) is 14.8. The van der Waals surface area contributed by atoms with Crippen molar-refractivity contribution < 1.29 is 17.4 Å². The van der Waals surface area contributed by atoms with Crippen molar-refractivity contribution in [3.8, 4) is 0 Å². The van der Waals surface area contributed by atoms with Crippen LogP contribution in [0.15, 0.2) is 0 Å². The Bertz CT molecular complexity index is 225. The van der Waals surface area contributed by atoms with Crippen LogP contribution in [0.3, 0.4) is 0 Å². The summed E-state index contributed by atoms with van der Waals surface area (Å²) in [5.41, 5.74) is 0. The molecule has 4 unspecified atom stereocenters. The summed E-state index contributed by atoms with van der Waals surface area (Å²) in [7, 11) is 2.25. The molecule has 20 heavy (non-hydrogen) atoms. The lowest BCUT2D eigenvalue weighted by atomic mass is 10.2. The fourth-order valence-electron chi connectivity index (χ4n) is 0.780. The van der Waals surface area contributed by atoms with E-state index < -0.39 is 20.3 Å². The summed E-state index contributed by atoms with van der Waals surface area (Å²) >= 11 is 7.90. The first-order chi connectivity index (χ1) is 9.36. The molecule has 0 bridgehead atoms. The third kappa shape index (κ3) is 12.7. The van der Waals surface area contributed by atoms with Crippen LogP contribution in [0.4, 0.5) is 0 Å². The molecule has 4 atom stereocenters. The first-order valence-electron chi connectivity index (χ1n) is 5.61. The van der Waals surface area contributed by atoms with E-state index in [4.69, 9.17) is 17.4 Å². The number of thiol groups is 2. The SMILES string of the molecule is C[B]S(C)(COCS)OP.C[B]S(C)(COP)OCS. The van der Waals surface area contributed by atoms with E-state index in [1.165, 1.54) is 0 Å². The minimum absolute atomic E-state index is 0.449. The number of ether oxygens (including phenoxy) is 1. The van der Waals surface area contributed by atoms with Crippen molar-refractivity contribution in [2.45, 2.75) is 13.6 Å². The Kier molecular flexibility index (Phi) is 18.1. The maximum absolute atomic E-state index is 5.37. The largest absolute Gasteiger partial charge is 0.361 e. The van der Waals surface area contributed by atoms with E-state index >= 15 is 0 Å². The Hall–Kier alpha value is 2.23. The number of hydrogen-bond acceptors (Lipinski definition) is 6. The molecule has 2 radical (unpaired) electrons. The Balaban J connectivity index is 0. The molecule has 0 rings (SSSR count). The van der Waals surface area contributed by atoms with Gasteiger partial charge in [0.05, 0.1) is 17.8 Å². The van der Waals surface area contributed by atoms with E-state index in [1.807, 2.05) is 39.3 Å². The van der Waals surface area contributed by atoms with Crippen molar-refractivity contribution in [3.05, 3.63) is 0 Å². The van der Waals surface area contributed by atoms with Gasteiger partial charge in [0.2, 0.25) is 13.1 Å². The Morgan fingerprint density at radius 1 is 0.950 bits per heavy atom. The zero-order chi connectivity index (χ0) is 16.1. The predicted octanol–water partition coefficient (Wildman–Crippen LogP) is 3.34. The van der Waals surface area contributed by atoms with Crippen LogP contribution in [-0.4, -0.2) is 49.4 Å². The molecule has 0 fully saturated rings. The summed E-state index contributed by atoms with van der Waals surface area (Å²) in [4.78, 5) is 0. The zero-order valence-electron chi connectivity index (χ0n) is 12.5. The van der Waals surface area contributed by atoms with Crippen LogP contribution >= 0.6 is 64.5 Å². The summed E-state index contributed by atoms with van der Waals surface area (Å²) in [6.45, 7) is 8.01. The molecule has 0 aliphatic rings. The third-order valence-electron chi connectivity index (χ3n) is 2.25. The molecule has 12 heteroatoms. The fourth-order valence-corrected chi connectivity index (χ4v) is 4.60. The van der Waals surface area contributed by atoms with Crippen LogP contribution < -0.4 is 0 Å². The molecule has 4 nitrogen and oxygen atoms in total. The van der Waals surface area contributed by atoms with Gasteiger partial charge in [-0.2, -0.15) is 45.6 Å². The minimum atomic E-state index is -1.12. The molecule has 0 N–H and O–H groups in total. The summed E-state index contributed by atoms with van der Waals surface area (Å²) in [5.74, 6) is 2.14. The van der Waals surface area contributed by atoms with Gasteiger partial charge in [-0.25, -0.2) is 0 Å². The van der Waals surface area contributed by atoms with Crippen molar-refractivity contribution in [1.29, 1.82) is 0 Å². The van der Waals surface area contributed by atoms with Gasteiger partial charge in [-0.1, -0.05) is 13.6 Å². The molecule has 0 heterocycles. The van der Waals surface area contributed by atoms with Gasteiger partial charge in [-0.05, 0) is 12.5 Å². The molecule has 0 aromatic carbocycles. The monoisotopic (exact) mass is 398 g/mol. The average molecular weight is 398 g/mol. The lowest BCUT2D eigenvalue weighted by Crippen LogP contribution is -2.11. The fraction of sp³-hybridized carbons (Fsp3) is 1.00. The standard InChI is InChI=1S/2C4H13BO2PS2/c1-5-10(2,4-6-8)7-3-9;1-5-10(2,7-8)4-6-3-9/h2*9H,3-4,8H2,1-2H3. The topological polar surface area (TPSA) is 36.9 Å². The van der Waals surface area contributed by atoms with Crippen LogP contribution in [-0.2, 0) is 17.4 Å². The average Bonchev–Trinajstić information content (AvgIpc) is 2.46. The first kappa shape index (κ1) is 24.5. The van der Waals surface area contributed by atoms with Crippen LogP contribution in [0, 0.1) is 0 Å². The van der Waals surface area contributed by atoms with Crippen LogP contribution in [0.5, 0.6) is 0 Å². The molecular weight excluding hydrogens is 372 g/mol. The van der Waals surface area contributed by atoms with Crippen molar-refractivity contribution in [1.82, 2.24) is 0 Å².